The quantitative estimate of drug-likeness (QED) is 0.881. The molecule has 0 aliphatic heterocycles. The zero-order chi connectivity index (χ0) is 13.7. The van der Waals surface area contributed by atoms with Gasteiger partial charge in [-0.05, 0) is 42.0 Å². The standard InChI is InChI=1S/C15H20N2OS/c1-3-13-9-12(11-18)10-15(16-13)17(2)7-6-14-5-4-8-19-14/h4-5,8-10,18H,3,6-7,11H2,1-2H3. The van der Waals surface area contributed by atoms with Crippen molar-refractivity contribution in [2.45, 2.75) is 26.4 Å². The summed E-state index contributed by atoms with van der Waals surface area (Å²) < 4.78 is 0. The highest BCUT2D eigenvalue weighted by Crippen LogP contribution is 2.16. The van der Waals surface area contributed by atoms with Crippen LogP contribution in [0.4, 0.5) is 5.82 Å². The Bertz CT molecular complexity index is 489. The maximum absolute atomic E-state index is 9.30. The average Bonchev–Trinajstić information content (AvgIpc) is 2.97. The van der Waals surface area contributed by atoms with E-state index in [1.807, 2.05) is 12.1 Å². The number of likely N-dealkylation sites (N-methyl/N-ethyl adjacent to an activating group) is 1. The highest BCUT2D eigenvalue weighted by Gasteiger charge is 2.07. The van der Waals surface area contributed by atoms with Gasteiger partial charge in [-0.2, -0.15) is 0 Å². The van der Waals surface area contributed by atoms with Crippen LogP contribution < -0.4 is 4.90 Å². The number of rotatable bonds is 6. The molecule has 0 radical (unpaired) electrons. The lowest BCUT2D eigenvalue weighted by Crippen LogP contribution is -2.21. The Balaban J connectivity index is 2.07. The highest BCUT2D eigenvalue weighted by atomic mass is 32.1. The van der Waals surface area contributed by atoms with Crippen LogP contribution in [0.5, 0.6) is 0 Å². The minimum absolute atomic E-state index is 0.0707. The van der Waals surface area contributed by atoms with Gasteiger partial charge >= 0.3 is 0 Å². The minimum Gasteiger partial charge on any atom is -0.392 e. The van der Waals surface area contributed by atoms with E-state index in [1.165, 1.54) is 4.88 Å². The molecule has 0 amide bonds. The van der Waals surface area contributed by atoms with E-state index in [0.717, 1.165) is 36.5 Å². The lowest BCUT2D eigenvalue weighted by molar-refractivity contribution is 0.281. The third-order valence-electron chi connectivity index (χ3n) is 3.13. The van der Waals surface area contributed by atoms with E-state index < -0.39 is 0 Å². The summed E-state index contributed by atoms with van der Waals surface area (Å²) in [6.45, 7) is 3.09. The van der Waals surface area contributed by atoms with Crippen molar-refractivity contribution in [3.05, 3.63) is 45.8 Å². The second-order valence-electron chi connectivity index (χ2n) is 4.59. The number of hydrogen-bond donors (Lipinski definition) is 1. The Hall–Kier alpha value is -1.39. The van der Waals surface area contributed by atoms with Crippen molar-refractivity contribution >= 4 is 17.2 Å². The third kappa shape index (κ3) is 3.78. The smallest absolute Gasteiger partial charge is 0.128 e. The Morgan fingerprint density at radius 2 is 2.21 bits per heavy atom. The van der Waals surface area contributed by atoms with Gasteiger partial charge < -0.3 is 10.0 Å². The summed E-state index contributed by atoms with van der Waals surface area (Å²) in [6, 6.07) is 8.18. The van der Waals surface area contributed by atoms with Gasteiger partial charge in [-0.1, -0.05) is 13.0 Å². The van der Waals surface area contributed by atoms with Crippen molar-refractivity contribution in [1.29, 1.82) is 0 Å². The number of thiophene rings is 1. The summed E-state index contributed by atoms with van der Waals surface area (Å²) in [5.74, 6) is 0.944. The molecule has 3 nitrogen and oxygen atoms in total. The first-order valence-corrected chi connectivity index (χ1v) is 7.45. The van der Waals surface area contributed by atoms with Crippen molar-refractivity contribution in [3.8, 4) is 0 Å². The number of hydrogen-bond acceptors (Lipinski definition) is 4. The Kier molecular flexibility index (Phi) is 4.93. The van der Waals surface area contributed by atoms with E-state index in [9.17, 15) is 5.11 Å². The van der Waals surface area contributed by atoms with Crippen molar-refractivity contribution in [1.82, 2.24) is 4.98 Å². The number of pyridine rings is 1. The largest absolute Gasteiger partial charge is 0.392 e. The summed E-state index contributed by atoms with van der Waals surface area (Å²) in [7, 11) is 2.05. The molecule has 0 aliphatic carbocycles. The number of aromatic nitrogens is 1. The van der Waals surface area contributed by atoms with E-state index in [1.54, 1.807) is 11.3 Å². The van der Waals surface area contributed by atoms with Gasteiger partial charge in [-0.3, -0.25) is 0 Å². The first kappa shape index (κ1) is 14.0. The minimum atomic E-state index is 0.0707. The molecule has 0 saturated heterocycles. The molecule has 2 heterocycles. The van der Waals surface area contributed by atoms with Crippen LogP contribution >= 0.6 is 11.3 Å². The summed E-state index contributed by atoms with van der Waals surface area (Å²) in [4.78, 5) is 8.16. The molecule has 1 N–H and O–H groups in total. The van der Waals surface area contributed by atoms with E-state index in [2.05, 4.69) is 41.4 Å². The molecule has 102 valence electrons. The normalized spacial score (nSPS) is 10.7. The molecule has 0 aliphatic rings. The van der Waals surface area contributed by atoms with Gasteiger partial charge in [0.2, 0.25) is 0 Å². The Morgan fingerprint density at radius 1 is 1.37 bits per heavy atom. The van der Waals surface area contributed by atoms with Crippen LogP contribution in [0.3, 0.4) is 0 Å². The van der Waals surface area contributed by atoms with Crippen LogP contribution in [0.2, 0.25) is 0 Å². The van der Waals surface area contributed by atoms with E-state index >= 15 is 0 Å². The fraction of sp³-hybridized carbons (Fsp3) is 0.400. The van der Waals surface area contributed by atoms with Crippen LogP contribution in [-0.2, 0) is 19.4 Å². The summed E-state index contributed by atoms with van der Waals surface area (Å²) >= 11 is 1.79. The van der Waals surface area contributed by atoms with Gasteiger partial charge in [0.05, 0.1) is 6.61 Å². The molecule has 0 bridgehead atoms. The molecule has 0 fully saturated rings. The van der Waals surface area contributed by atoms with Crippen LogP contribution in [0.15, 0.2) is 29.6 Å². The lowest BCUT2D eigenvalue weighted by Gasteiger charge is -2.19. The van der Waals surface area contributed by atoms with E-state index in [-0.39, 0.29) is 6.61 Å². The fourth-order valence-electron chi connectivity index (χ4n) is 1.95. The second kappa shape index (κ2) is 6.68. The van der Waals surface area contributed by atoms with Gasteiger partial charge in [0.1, 0.15) is 5.82 Å². The van der Waals surface area contributed by atoms with Crippen molar-refractivity contribution in [2.75, 3.05) is 18.5 Å². The maximum atomic E-state index is 9.30. The zero-order valence-electron chi connectivity index (χ0n) is 11.5. The van der Waals surface area contributed by atoms with E-state index in [0.29, 0.717) is 0 Å². The first-order chi connectivity index (χ1) is 9.22. The lowest BCUT2D eigenvalue weighted by atomic mass is 10.2. The van der Waals surface area contributed by atoms with Crippen molar-refractivity contribution < 1.29 is 5.11 Å². The van der Waals surface area contributed by atoms with Gasteiger partial charge in [0.25, 0.3) is 0 Å². The van der Waals surface area contributed by atoms with Crippen molar-refractivity contribution in [3.63, 3.8) is 0 Å². The van der Waals surface area contributed by atoms with Crippen LogP contribution in [0, 0.1) is 0 Å². The number of aliphatic hydroxyl groups is 1. The van der Waals surface area contributed by atoms with Gasteiger partial charge in [0.15, 0.2) is 0 Å². The molecule has 0 unspecified atom stereocenters. The zero-order valence-corrected chi connectivity index (χ0v) is 12.3. The highest BCUT2D eigenvalue weighted by molar-refractivity contribution is 7.09. The number of aliphatic hydroxyl groups excluding tert-OH is 1. The molecule has 2 aromatic rings. The number of aryl methyl sites for hydroxylation is 1. The molecule has 19 heavy (non-hydrogen) atoms. The average molecular weight is 276 g/mol. The summed E-state index contributed by atoms with van der Waals surface area (Å²) in [5, 5.41) is 11.4. The van der Waals surface area contributed by atoms with Gasteiger partial charge in [0, 0.05) is 24.2 Å². The molecule has 0 aromatic carbocycles. The van der Waals surface area contributed by atoms with Crippen LogP contribution in [-0.4, -0.2) is 23.7 Å². The van der Waals surface area contributed by atoms with Gasteiger partial charge in [-0.25, -0.2) is 4.98 Å². The predicted octanol–water partition coefficient (Wildman–Crippen LogP) is 2.88. The molecule has 2 rings (SSSR count). The van der Waals surface area contributed by atoms with Gasteiger partial charge in [-0.15, -0.1) is 11.3 Å². The summed E-state index contributed by atoms with van der Waals surface area (Å²) in [6.07, 6.45) is 1.92. The molecule has 4 heteroatoms. The fourth-order valence-corrected chi connectivity index (χ4v) is 2.65. The second-order valence-corrected chi connectivity index (χ2v) is 5.62. The van der Waals surface area contributed by atoms with Crippen LogP contribution in [0.1, 0.15) is 23.1 Å². The predicted molar refractivity (Wildman–Crippen MR) is 80.8 cm³/mol. The Morgan fingerprint density at radius 3 is 2.84 bits per heavy atom. The monoisotopic (exact) mass is 276 g/mol. The van der Waals surface area contributed by atoms with Crippen LogP contribution in [0.25, 0.3) is 0 Å². The summed E-state index contributed by atoms with van der Waals surface area (Å²) in [5.41, 5.74) is 1.97. The topological polar surface area (TPSA) is 36.4 Å². The molecule has 2 aromatic heterocycles. The molecular formula is C15H20N2OS. The number of nitrogens with zero attached hydrogens (tertiary/aromatic N) is 2. The molecular weight excluding hydrogens is 256 g/mol. The SMILES string of the molecule is CCc1cc(CO)cc(N(C)CCc2cccs2)n1. The number of anilines is 1. The molecule has 0 saturated carbocycles. The van der Waals surface area contributed by atoms with E-state index in [4.69, 9.17) is 0 Å². The molecule has 0 spiro atoms. The third-order valence-corrected chi connectivity index (χ3v) is 4.07. The Labute approximate surface area is 118 Å². The maximum Gasteiger partial charge on any atom is 0.128 e. The van der Waals surface area contributed by atoms with Crippen molar-refractivity contribution in [2.24, 2.45) is 0 Å². The molecule has 0 atom stereocenters. The first-order valence-electron chi connectivity index (χ1n) is 6.57.